The van der Waals surface area contributed by atoms with Gasteiger partial charge in [-0.2, -0.15) is 10.1 Å². The van der Waals surface area contributed by atoms with Crippen LogP contribution in [0.15, 0.2) is 85.9 Å². The van der Waals surface area contributed by atoms with Gasteiger partial charge < -0.3 is 18.9 Å². The summed E-state index contributed by atoms with van der Waals surface area (Å²) in [6, 6.07) is 8.07. The van der Waals surface area contributed by atoms with Crippen molar-refractivity contribution < 1.29 is 153 Å². The van der Waals surface area contributed by atoms with Crippen molar-refractivity contribution >= 4 is 55.4 Å². The molecule has 3 aromatic rings. The Kier molecular flexibility index (Phi) is 14.2. The van der Waals surface area contributed by atoms with E-state index in [4.69, 9.17) is 11.5 Å². The number of benzene rings is 2. The molecule has 1 aliphatic heterocycles. The van der Waals surface area contributed by atoms with Crippen molar-refractivity contribution in [3.63, 3.8) is 0 Å². The standard InChI is InChI=1S/C27H16N4O12S2.2K/c1-2-43-27(36)24-21(26(35)31(29-24)17-8-12-19(13-9-17)45(40,41)42)5-3-4-20-23(22(33)14-15-32)28-30(25(20)34)16-6-10-18(11-7-16)44(37,38)39;;/h1,3-13,29,32H,(H,37,38,39)(H,40,41,42);;/q;2*+1/p-2/b5-3?,20-4-;;. The number of anilines is 1. The number of ketones is 1. The van der Waals surface area contributed by atoms with Crippen LogP contribution >= 0.6 is 0 Å². The van der Waals surface area contributed by atoms with E-state index in [1.807, 2.05) is 0 Å². The second kappa shape index (κ2) is 16.6. The van der Waals surface area contributed by atoms with Crippen molar-refractivity contribution in [3.05, 3.63) is 87.9 Å². The van der Waals surface area contributed by atoms with Crippen LogP contribution in [-0.4, -0.2) is 64.2 Å². The molecule has 2 heterocycles. The largest absolute Gasteiger partial charge is 1.00 e. The molecule has 47 heavy (non-hydrogen) atoms. The Bertz CT molecular complexity index is 2240. The zero-order chi connectivity index (χ0) is 33.1. The molecule has 0 unspecified atom stereocenters. The van der Waals surface area contributed by atoms with Gasteiger partial charge in [-0.15, -0.1) is 0 Å². The predicted octanol–water partition coefficient (Wildman–Crippen LogP) is -6.03. The SMILES string of the molecule is C#COC(=O)c1[nH]n(-c2ccc(S(=O)(=O)[O-])cc2)c(=O)c1C=C/C=C1\C(=O)N(c2ccc(S(=O)(=O)[O-])cc2)N=C1C(=O)C#CO.[K+].[K+]. The number of carbonyl (C=O) groups excluding carboxylic acids is 3. The maximum atomic E-state index is 13.2. The third-order valence-corrected chi connectivity index (χ3v) is 7.52. The average molecular weight is 729 g/mol. The van der Waals surface area contributed by atoms with E-state index in [9.17, 15) is 45.1 Å². The Morgan fingerprint density at radius 2 is 1.47 bits per heavy atom. The first-order chi connectivity index (χ1) is 21.2. The molecule has 0 spiro atoms. The molecule has 2 aromatic carbocycles. The number of hydrogen-bond donors (Lipinski definition) is 2. The summed E-state index contributed by atoms with van der Waals surface area (Å²) >= 11 is 0. The smallest absolute Gasteiger partial charge is 0.744 e. The van der Waals surface area contributed by atoms with Crippen LogP contribution in [0.2, 0.25) is 0 Å². The van der Waals surface area contributed by atoms with Gasteiger partial charge in [-0.25, -0.2) is 26.3 Å². The summed E-state index contributed by atoms with van der Waals surface area (Å²) in [6.07, 6.45) is 11.2. The summed E-state index contributed by atoms with van der Waals surface area (Å²) in [5.74, 6) is -1.41. The maximum absolute atomic E-state index is 13.2. The number of amides is 1. The van der Waals surface area contributed by atoms with Crippen molar-refractivity contribution in [1.82, 2.24) is 9.78 Å². The van der Waals surface area contributed by atoms with Gasteiger partial charge in [0.05, 0.1) is 32.3 Å². The van der Waals surface area contributed by atoms with E-state index in [-0.39, 0.29) is 120 Å². The molecule has 4 rings (SSSR count). The second-order valence-corrected chi connectivity index (χ2v) is 11.3. The van der Waals surface area contributed by atoms with E-state index < -0.39 is 70.2 Å². The van der Waals surface area contributed by atoms with E-state index >= 15 is 0 Å². The monoisotopic (exact) mass is 728 g/mol. The fourth-order valence-electron chi connectivity index (χ4n) is 3.82. The quantitative estimate of drug-likeness (QED) is 0.0724. The van der Waals surface area contributed by atoms with E-state index in [0.29, 0.717) is 5.01 Å². The van der Waals surface area contributed by atoms with Gasteiger partial charge in [0.2, 0.25) is 0 Å². The first-order valence-corrected chi connectivity index (χ1v) is 14.6. The van der Waals surface area contributed by atoms with E-state index in [1.165, 1.54) is 6.11 Å². The molecule has 2 N–H and O–H groups in total. The van der Waals surface area contributed by atoms with Crippen LogP contribution in [0.1, 0.15) is 16.1 Å². The molecule has 0 saturated carbocycles. The van der Waals surface area contributed by atoms with Gasteiger partial charge in [0.1, 0.15) is 32.4 Å². The predicted molar refractivity (Wildman–Crippen MR) is 150 cm³/mol. The number of allylic oxidation sites excluding steroid dienone is 2. The topological polar surface area (TPSA) is 248 Å². The van der Waals surface area contributed by atoms with E-state index in [2.05, 4.69) is 14.9 Å². The molecule has 1 aromatic heterocycles. The third-order valence-electron chi connectivity index (χ3n) is 5.82. The van der Waals surface area contributed by atoms with E-state index in [0.717, 1.165) is 71.4 Å². The first kappa shape index (κ1) is 40.4. The summed E-state index contributed by atoms with van der Waals surface area (Å²) in [6.45, 7) is 0. The van der Waals surface area contributed by atoms with Gasteiger partial charge >= 0.3 is 109 Å². The molecule has 1 aliphatic rings. The average Bonchev–Trinajstić information content (AvgIpc) is 3.49. The summed E-state index contributed by atoms with van der Waals surface area (Å²) < 4.78 is 72.7. The number of terminal acetylenes is 1. The summed E-state index contributed by atoms with van der Waals surface area (Å²) in [4.78, 5) is 50.2. The second-order valence-electron chi connectivity index (χ2n) is 8.52. The Morgan fingerprint density at radius 3 is 1.96 bits per heavy atom. The van der Waals surface area contributed by atoms with Crippen LogP contribution in [0.3, 0.4) is 0 Å². The minimum absolute atomic E-state index is 0. The number of aromatic amines is 1. The van der Waals surface area contributed by atoms with Gasteiger partial charge in [-0.05, 0) is 60.7 Å². The van der Waals surface area contributed by atoms with Crippen molar-refractivity contribution in [3.8, 4) is 30.2 Å². The number of hydrogen-bond acceptors (Lipinski definition) is 13. The van der Waals surface area contributed by atoms with Crippen LogP contribution in [0, 0.1) is 24.6 Å². The third kappa shape index (κ3) is 9.23. The zero-order valence-corrected chi connectivity index (χ0v) is 31.9. The van der Waals surface area contributed by atoms with Gasteiger partial charge in [0.25, 0.3) is 17.2 Å². The van der Waals surface area contributed by atoms with Gasteiger partial charge in [0.15, 0.2) is 11.4 Å². The van der Waals surface area contributed by atoms with Crippen LogP contribution in [0.25, 0.3) is 11.8 Å². The van der Waals surface area contributed by atoms with Gasteiger partial charge in [0, 0.05) is 5.92 Å². The van der Waals surface area contributed by atoms with Gasteiger partial charge in [-0.1, -0.05) is 12.5 Å². The minimum Gasteiger partial charge on any atom is -0.744 e. The van der Waals surface area contributed by atoms with Crippen molar-refractivity contribution in [2.45, 2.75) is 9.79 Å². The molecule has 0 fully saturated rings. The molecule has 16 nitrogen and oxygen atoms in total. The number of nitrogens with one attached hydrogen (secondary N) is 1. The van der Waals surface area contributed by atoms with Crippen molar-refractivity contribution in [1.29, 1.82) is 0 Å². The molecule has 0 radical (unpaired) electrons. The number of aliphatic hydroxyl groups excluding tert-OH is 1. The number of aromatic nitrogens is 2. The Morgan fingerprint density at radius 1 is 0.936 bits per heavy atom. The Balaban J connectivity index is 0.00000384. The number of H-pyrrole nitrogens is 1. The number of nitrogens with zero attached hydrogens (tertiary/aromatic N) is 3. The Labute approximate surface area is 350 Å². The summed E-state index contributed by atoms with van der Waals surface area (Å²) in [5, 5.41) is 15.9. The maximum Gasteiger partial charge on any atom is 1.00 e. The van der Waals surface area contributed by atoms with Gasteiger partial charge in [-0.3, -0.25) is 19.5 Å². The van der Waals surface area contributed by atoms with Crippen molar-refractivity contribution in [2.75, 3.05) is 5.01 Å². The number of esters is 1. The first-order valence-electron chi connectivity index (χ1n) is 11.8. The molecule has 0 saturated heterocycles. The minimum atomic E-state index is -4.80. The number of rotatable bonds is 8. The molecular formula is C27H14K2N4O12S2. The number of Topliss-reactive ketones (excluding diaryl/α,β-unsaturated/α-hetero) is 1. The fourth-order valence-corrected chi connectivity index (χ4v) is 4.76. The molecule has 0 atom stereocenters. The zero-order valence-electron chi connectivity index (χ0n) is 24.0. The number of aliphatic hydroxyl groups is 1. The van der Waals surface area contributed by atoms with Crippen molar-refractivity contribution in [2.24, 2.45) is 5.10 Å². The van der Waals surface area contributed by atoms with E-state index in [1.54, 1.807) is 12.0 Å². The normalized spacial score (nSPS) is 13.6. The number of carbonyl (C=O) groups is 3. The molecule has 1 amide bonds. The van der Waals surface area contributed by atoms with Crippen LogP contribution in [-0.2, 0) is 34.6 Å². The fraction of sp³-hybridized carbons (Fsp3) is 0. The number of ether oxygens (including phenoxy) is 1. The summed E-state index contributed by atoms with van der Waals surface area (Å²) in [7, 11) is -9.59. The molecule has 0 aliphatic carbocycles. The molecular weight excluding hydrogens is 715 g/mol. The molecule has 228 valence electrons. The van der Waals surface area contributed by atoms with Crippen LogP contribution < -0.4 is 113 Å². The van der Waals surface area contributed by atoms with Crippen LogP contribution in [0.5, 0.6) is 0 Å². The number of hydrazone groups is 1. The Hall–Kier alpha value is -2.78. The molecule has 0 bridgehead atoms. The van der Waals surface area contributed by atoms with Crippen LogP contribution in [0.4, 0.5) is 5.69 Å². The molecule has 20 heteroatoms. The summed E-state index contributed by atoms with van der Waals surface area (Å²) in [5.41, 5.74) is -2.75.